The standard InChI is InChI=1S/C28H32N4O3.C3H8.C2H6/c1-6-7-28(33)32(24-11-8-20(2)9-12-24)31-14-15-35-26(22(31)4)16-23-10-13-25(27(17-23)34-5)30-18-21(3)29-19-30;1-3-2;1-2/h8-13,16-19H,4,6-7,14-15H2,1-3,5H3;3H2,1-2H3;1-2H3/b26-16-;;. The lowest BCUT2D eigenvalue weighted by atomic mass is 10.1. The van der Waals surface area contributed by atoms with Crippen LogP contribution in [0, 0.1) is 13.8 Å². The topological polar surface area (TPSA) is 59.8 Å². The first-order chi connectivity index (χ1) is 19.3. The Kier molecular flexibility index (Phi) is 13.0. The van der Waals surface area contributed by atoms with E-state index in [-0.39, 0.29) is 5.91 Å². The second-order valence-corrected chi connectivity index (χ2v) is 9.28. The minimum Gasteiger partial charge on any atom is -0.495 e. The van der Waals surface area contributed by atoms with Crippen molar-refractivity contribution in [1.29, 1.82) is 0 Å². The van der Waals surface area contributed by atoms with Gasteiger partial charge < -0.3 is 14.0 Å². The SMILES string of the molecule is C=C1/C(=C/c2ccc(-n3cnc(C)c3)c(OC)c2)OCCN1N(C(=O)CCC)c1ccc(C)cc1.CC.CCC. The molecule has 2 heterocycles. The Bertz CT molecular complexity index is 1260. The molecule has 0 unspecified atom stereocenters. The van der Waals surface area contributed by atoms with Crippen molar-refractivity contribution in [3.8, 4) is 11.4 Å². The molecule has 2 aromatic carbocycles. The molecule has 0 saturated carbocycles. The van der Waals surface area contributed by atoms with Gasteiger partial charge in [-0.15, -0.1) is 0 Å². The molecule has 1 aliphatic rings. The van der Waals surface area contributed by atoms with E-state index in [9.17, 15) is 4.79 Å². The van der Waals surface area contributed by atoms with Crippen LogP contribution in [-0.4, -0.2) is 40.7 Å². The van der Waals surface area contributed by atoms with Gasteiger partial charge >= 0.3 is 0 Å². The third-order valence-electron chi connectivity index (χ3n) is 5.87. The van der Waals surface area contributed by atoms with E-state index in [1.54, 1.807) is 18.4 Å². The third kappa shape index (κ3) is 8.25. The van der Waals surface area contributed by atoms with Crippen LogP contribution >= 0.6 is 0 Å². The Labute approximate surface area is 240 Å². The second-order valence-electron chi connectivity index (χ2n) is 9.28. The lowest BCUT2D eigenvalue weighted by Gasteiger charge is -2.41. The lowest BCUT2D eigenvalue weighted by molar-refractivity contribution is -0.121. The number of rotatable bonds is 7. The highest BCUT2D eigenvalue weighted by Gasteiger charge is 2.29. The summed E-state index contributed by atoms with van der Waals surface area (Å²) >= 11 is 0. The normalized spacial score (nSPS) is 13.4. The molecule has 1 aliphatic heterocycles. The number of hydrazine groups is 1. The van der Waals surface area contributed by atoms with Gasteiger partial charge in [0.25, 0.3) is 0 Å². The molecule has 0 bridgehead atoms. The number of benzene rings is 2. The molecule has 1 aromatic heterocycles. The molecule has 3 aromatic rings. The van der Waals surface area contributed by atoms with Crippen molar-refractivity contribution in [3.63, 3.8) is 0 Å². The van der Waals surface area contributed by atoms with Crippen molar-refractivity contribution in [2.24, 2.45) is 0 Å². The summed E-state index contributed by atoms with van der Waals surface area (Å²) in [6.07, 6.45) is 8.11. The van der Waals surface area contributed by atoms with Gasteiger partial charge in [-0.3, -0.25) is 9.80 Å². The second kappa shape index (κ2) is 16.2. The number of aryl methyl sites for hydroxylation is 2. The van der Waals surface area contributed by atoms with E-state index in [1.165, 1.54) is 6.42 Å². The van der Waals surface area contributed by atoms with E-state index < -0.39 is 0 Å². The summed E-state index contributed by atoms with van der Waals surface area (Å²) < 4.78 is 13.6. The quantitative estimate of drug-likeness (QED) is 0.302. The molecule has 1 fully saturated rings. The predicted octanol–water partition coefficient (Wildman–Crippen LogP) is 7.88. The van der Waals surface area contributed by atoms with Crippen LogP contribution in [0.1, 0.15) is 70.7 Å². The smallest absolute Gasteiger partial charge is 0.245 e. The number of hydrogen-bond donors (Lipinski definition) is 0. The van der Waals surface area contributed by atoms with Crippen LogP contribution in [0.2, 0.25) is 0 Å². The van der Waals surface area contributed by atoms with E-state index in [4.69, 9.17) is 9.47 Å². The summed E-state index contributed by atoms with van der Waals surface area (Å²) in [5, 5.41) is 3.64. The van der Waals surface area contributed by atoms with Crippen molar-refractivity contribution < 1.29 is 14.3 Å². The van der Waals surface area contributed by atoms with Gasteiger partial charge in [0.05, 0.1) is 42.7 Å². The highest BCUT2D eigenvalue weighted by Crippen LogP contribution is 2.31. The number of hydrogen-bond acceptors (Lipinski definition) is 5. The molecule has 7 nitrogen and oxygen atoms in total. The van der Waals surface area contributed by atoms with E-state index in [1.807, 2.05) is 98.9 Å². The zero-order valence-corrected chi connectivity index (χ0v) is 25.5. The Morgan fingerprint density at radius 2 is 1.80 bits per heavy atom. The molecule has 40 heavy (non-hydrogen) atoms. The van der Waals surface area contributed by atoms with Gasteiger partial charge in [-0.1, -0.05) is 71.4 Å². The Morgan fingerprint density at radius 1 is 1.12 bits per heavy atom. The first-order valence-corrected chi connectivity index (χ1v) is 14.2. The van der Waals surface area contributed by atoms with Gasteiger partial charge in [0.2, 0.25) is 5.91 Å². The van der Waals surface area contributed by atoms with E-state index in [0.717, 1.165) is 40.4 Å². The molecule has 0 atom stereocenters. The number of morpholine rings is 1. The fourth-order valence-corrected chi connectivity index (χ4v) is 4.06. The number of anilines is 1. The first kappa shape index (κ1) is 32.2. The average molecular weight is 547 g/mol. The monoisotopic (exact) mass is 546 g/mol. The van der Waals surface area contributed by atoms with Crippen LogP contribution in [-0.2, 0) is 9.53 Å². The highest BCUT2D eigenvalue weighted by atomic mass is 16.5. The highest BCUT2D eigenvalue weighted by molar-refractivity contribution is 5.92. The van der Waals surface area contributed by atoms with E-state index in [0.29, 0.717) is 31.0 Å². The van der Waals surface area contributed by atoms with Gasteiger partial charge in [-0.05, 0) is 56.2 Å². The largest absolute Gasteiger partial charge is 0.495 e. The Morgan fingerprint density at radius 3 is 2.38 bits per heavy atom. The maximum Gasteiger partial charge on any atom is 0.245 e. The number of carbonyl (C=O) groups excluding carboxylic acids is 1. The molecule has 1 amide bonds. The minimum atomic E-state index is 0.0281. The Balaban J connectivity index is 0.00000105. The molecule has 7 heteroatoms. The minimum absolute atomic E-state index is 0.0281. The molecular formula is C33H46N4O3. The van der Waals surface area contributed by atoms with Crippen molar-refractivity contribution in [2.45, 2.75) is 67.7 Å². The molecule has 216 valence electrons. The van der Waals surface area contributed by atoms with Gasteiger partial charge in [0.15, 0.2) is 0 Å². The van der Waals surface area contributed by atoms with Crippen LogP contribution in [0.4, 0.5) is 5.69 Å². The number of imidazole rings is 1. The summed E-state index contributed by atoms with van der Waals surface area (Å²) in [6.45, 7) is 19.5. The van der Waals surface area contributed by atoms with Gasteiger partial charge in [-0.2, -0.15) is 0 Å². The van der Waals surface area contributed by atoms with Crippen LogP contribution in [0.5, 0.6) is 5.75 Å². The van der Waals surface area contributed by atoms with Gasteiger partial charge in [0.1, 0.15) is 18.1 Å². The summed E-state index contributed by atoms with van der Waals surface area (Å²) in [7, 11) is 1.65. The van der Waals surface area contributed by atoms with Crippen molar-refractivity contribution in [1.82, 2.24) is 14.6 Å². The van der Waals surface area contributed by atoms with Crippen molar-refractivity contribution in [3.05, 3.63) is 89.8 Å². The zero-order valence-electron chi connectivity index (χ0n) is 25.5. The molecule has 0 aliphatic carbocycles. The predicted molar refractivity (Wildman–Crippen MR) is 166 cm³/mol. The fraction of sp³-hybridized carbons (Fsp3) is 0.394. The van der Waals surface area contributed by atoms with Crippen LogP contribution in [0.15, 0.2) is 73.0 Å². The summed E-state index contributed by atoms with van der Waals surface area (Å²) in [5.74, 6) is 1.36. The first-order valence-electron chi connectivity index (χ1n) is 14.2. The summed E-state index contributed by atoms with van der Waals surface area (Å²) in [5.41, 5.74) is 5.33. The third-order valence-corrected chi connectivity index (χ3v) is 5.87. The van der Waals surface area contributed by atoms with Gasteiger partial charge in [-0.25, -0.2) is 9.99 Å². The molecule has 0 spiro atoms. The summed E-state index contributed by atoms with van der Waals surface area (Å²) in [6, 6.07) is 13.9. The molecule has 0 radical (unpaired) electrons. The molecule has 4 rings (SSSR count). The number of aromatic nitrogens is 2. The maximum absolute atomic E-state index is 13.2. The van der Waals surface area contributed by atoms with E-state index >= 15 is 0 Å². The van der Waals surface area contributed by atoms with Crippen LogP contribution < -0.4 is 9.75 Å². The van der Waals surface area contributed by atoms with Crippen molar-refractivity contribution in [2.75, 3.05) is 25.3 Å². The van der Waals surface area contributed by atoms with Gasteiger partial charge in [0, 0.05) is 12.6 Å². The van der Waals surface area contributed by atoms with Crippen LogP contribution in [0.3, 0.4) is 0 Å². The number of methoxy groups -OCH3 is 1. The van der Waals surface area contributed by atoms with Crippen molar-refractivity contribution >= 4 is 17.7 Å². The van der Waals surface area contributed by atoms with E-state index in [2.05, 4.69) is 25.4 Å². The van der Waals surface area contributed by atoms with Crippen LogP contribution in [0.25, 0.3) is 11.8 Å². The number of amides is 1. The maximum atomic E-state index is 13.2. The number of ether oxygens (including phenoxy) is 2. The lowest BCUT2D eigenvalue weighted by Crippen LogP contribution is -2.49. The Hall–Kier alpha value is -4.00. The number of nitrogens with zero attached hydrogens (tertiary/aromatic N) is 4. The molecule has 1 saturated heterocycles. The number of carbonyl (C=O) groups is 1. The zero-order chi connectivity index (χ0) is 29.7. The fourth-order valence-electron chi connectivity index (χ4n) is 4.06. The average Bonchev–Trinajstić information content (AvgIpc) is 3.39. The molecular weight excluding hydrogens is 500 g/mol. The summed E-state index contributed by atoms with van der Waals surface area (Å²) in [4.78, 5) is 17.5. The molecule has 0 N–H and O–H groups in total.